The van der Waals surface area contributed by atoms with Gasteiger partial charge in [-0.3, -0.25) is 29.1 Å². The van der Waals surface area contributed by atoms with Crippen molar-refractivity contribution in [2.45, 2.75) is 17.7 Å². The summed E-state index contributed by atoms with van der Waals surface area (Å²) in [6, 6.07) is 7.35. The summed E-state index contributed by atoms with van der Waals surface area (Å²) in [5, 5.41) is 2.53. The molecule has 0 spiro atoms. The average Bonchev–Trinajstić information content (AvgIpc) is 3.06. The first kappa shape index (κ1) is 23.5. The first-order valence-corrected chi connectivity index (χ1v) is 12.0. The molecular formula is C22H22N4O7S. The van der Waals surface area contributed by atoms with E-state index in [0.29, 0.717) is 5.69 Å². The minimum atomic E-state index is -3.68. The zero-order valence-corrected chi connectivity index (χ0v) is 19.1. The second-order valence-corrected chi connectivity index (χ2v) is 9.89. The van der Waals surface area contributed by atoms with Crippen LogP contribution in [0.5, 0.6) is 0 Å². The largest absolute Gasteiger partial charge is 0.455 e. The van der Waals surface area contributed by atoms with E-state index in [1.165, 1.54) is 48.0 Å². The van der Waals surface area contributed by atoms with Gasteiger partial charge in [0.15, 0.2) is 6.61 Å². The van der Waals surface area contributed by atoms with E-state index in [4.69, 9.17) is 4.74 Å². The van der Waals surface area contributed by atoms with Crippen LogP contribution < -0.4 is 5.32 Å². The van der Waals surface area contributed by atoms with Gasteiger partial charge in [0.05, 0.1) is 17.0 Å². The minimum Gasteiger partial charge on any atom is -0.455 e. The van der Waals surface area contributed by atoms with Crippen molar-refractivity contribution in [2.75, 3.05) is 32.1 Å². The number of rotatable bonds is 6. The van der Waals surface area contributed by atoms with Gasteiger partial charge in [-0.15, -0.1) is 0 Å². The number of piperidine rings is 1. The fourth-order valence-electron chi connectivity index (χ4n) is 3.87. The normalized spacial score (nSPS) is 16.9. The second kappa shape index (κ2) is 9.31. The molecule has 4 rings (SSSR count). The SMILES string of the molecule is CN1C(=O)c2ccc(NC(=O)COC(=O)C3CCN(S(=O)(=O)c4cccnc4)CC3)cc2C1=O. The molecule has 178 valence electrons. The zero-order chi connectivity index (χ0) is 24.5. The molecule has 2 aliphatic heterocycles. The van der Waals surface area contributed by atoms with Gasteiger partial charge < -0.3 is 10.1 Å². The van der Waals surface area contributed by atoms with Crippen LogP contribution >= 0.6 is 0 Å². The molecule has 0 unspecified atom stereocenters. The van der Waals surface area contributed by atoms with Crippen molar-refractivity contribution < 1.29 is 32.3 Å². The Balaban J connectivity index is 1.27. The van der Waals surface area contributed by atoms with Gasteiger partial charge in [-0.25, -0.2) is 8.42 Å². The van der Waals surface area contributed by atoms with E-state index in [9.17, 15) is 27.6 Å². The molecule has 0 atom stereocenters. The summed E-state index contributed by atoms with van der Waals surface area (Å²) in [5.74, 6) is -2.57. The van der Waals surface area contributed by atoms with Crippen molar-refractivity contribution in [1.82, 2.24) is 14.2 Å². The molecule has 1 aromatic heterocycles. The number of benzene rings is 1. The van der Waals surface area contributed by atoms with Gasteiger partial charge in [-0.1, -0.05) is 0 Å². The molecule has 11 nitrogen and oxygen atoms in total. The Kier molecular flexibility index (Phi) is 6.44. The molecule has 2 aliphatic rings. The van der Waals surface area contributed by atoms with Crippen LogP contribution in [0.2, 0.25) is 0 Å². The van der Waals surface area contributed by atoms with E-state index in [2.05, 4.69) is 10.3 Å². The van der Waals surface area contributed by atoms with Gasteiger partial charge in [-0.05, 0) is 43.2 Å². The highest BCUT2D eigenvalue weighted by atomic mass is 32.2. The predicted molar refractivity (Wildman–Crippen MR) is 118 cm³/mol. The Morgan fingerprint density at radius 2 is 1.82 bits per heavy atom. The van der Waals surface area contributed by atoms with Crippen molar-refractivity contribution in [3.8, 4) is 0 Å². The second-order valence-electron chi connectivity index (χ2n) is 7.95. The van der Waals surface area contributed by atoms with Crippen molar-refractivity contribution in [2.24, 2.45) is 5.92 Å². The lowest BCUT2D eigenvalue weighted by molar-refractivity contribution is -0.152. The molecule has 2 aromatic rings. The van der Waals surface area contributed by atoms with E-state index < -0.39 is 46.2 Å². The number of carbonyl (C=O) groups excluding carboxylic acids is 4. The third kappa shape index (κ3) is 4.54. The molecule has 34 heavy (non-hydrogen) atoms. The molecular weight excluding hydrogens is 464 g/mol. The third-order valence-electron chi connectivity index (χ3n) is 5.78. The topological polar surface area (TPSA) is 143 Å². The van der Waals surface area contributed by atoms with Gasteiger partial charge in [0.1, 0.15) is 4.90 Å². The number of pyridine rings is 1. The molecule has 0 saturated carbocycles. The highest BCUT2D eigenvalue weighted by Gasteiger charge is 2.34. The predicted octanol–water partition coefficient (Wildman–Crippen LogP) is 0.890. The number of nitrogens with one attached hydrogen (secondary N) is 1. The van der Waals surface area contributed by atoms with Crippen LogP contribution in [-0.2, 0) is 24.3 Å². The lowest BCUT2D eigenvalue weighted by Crippen LogP contribution is -2.40. The highest BCUT2D eigenvalue weighted by Crippen LogP contribution is 2.26. The monoisotopic (exact) mass is 486 g/mol. The highest BCUT2D eigenvalue weighted by molar-refractivity contribution is 7.89. The molecule has 1 N–H and O–H groups in total. The Hall–Kier alpha value is -3.64. The Bertz CT molecular complexity index is 1260. The van der Waals surface area contributed by atoms with Crippen LogP contribution in [0.25, 0.3) is 0 Å². The number of sulfonamides is 1. The van der Waals surface area contributed by atoms with E-state index in [0.717, 1.165) is 4.90 Å². The molecule has 1 fully saturated rings. The van der Waals surface area contributed by atoms with Crippen LogP contribution in [0.1, 0.15) is 33.6 Å². The molecule has 0 bridgehead atoms. The van der Waals surface area contributed by atoms with Crippen LogP contribution in [0, 0.1) is 5.92 Å². The Morgan fingerprint density at radius 1 is 1.12 bits per heavy atom. The van der Waals surface area contributed by atoms with Crippen LogP contribution in [0.4, 0.5) is 5.69 Å². The quantitative estimate of drug-likeness (QED) is 0.468. The summed E-state index contributed by atoms with van der Waals surface area (Å²) < 4.78 is 31.7. The van der Waals surface area contributed by atoms with Crippen molar-refractivity contribution in [3.05, 3.63) is 53.9 Å². The number of fused-ring (bicyclic) bond motifs is 1. The molecule has 1 aromatic carbocycles. The number of aromatic nitrogens is 1. The first-order chi connectivity index (χ1) is 16.2. The van der Waals surface area contributed by atoms with Crippen molar-refractivity contribution >= 4 is 39.4 Å². The van der Waals surface area contributed by atoms with Crippen LogP contribution in [0.15, 0.2) is 47.6 Å². The molecule has 12 heteroatoms. The van der Waals surface area contributed by atoms with Gasteiger partial charge in [0, 0.05) is 38.2 Å². The average molecular weight is 487 g/mol. The van der Waals surface area contributed by atoms with Gasteiger partial charge in [0.2, 0.25) is 10.0 Å². The smallest absolute Gasteiger partial charge is 0.309 e. The maximum atomic E-state index is 12.7. The molecule has 0 radical (unpaired) electrons. The lowest BCUT2D eigenvalue weighted by atomic mass is 9.98. The summed E-state index contributed by atoms with van der Waals surface area (Å²) in [7, 11) is -2.30. The standard InChI is InChI=1S/C22H22N4O7S/c1-25-20(28)17-5-4-15(11-18(17)21(25)29)24-19(27)13-33-22(30)14-6-9-26(10-7-14)34(31,32)16-3-2-8-23-12-16/h2-5,8,11-12,14H,6-7,9-10,13H2,1H3,(H,24,27). The number of ether oxygens (including phenoxy) is 1. The van der Waals surface area contributed by atoms with E-state index in [1.807, 2.05) is 0 Å². The molecule has 3 amide bonds. The van der Waals surface area contributed by atoms with Gasteiger partial charge >= 0.3 is 5.97 Å². The summed E-state index contributed by atoms with van der Waals surface area (Å²) in [6.45, 7) is -0.226. The van der Waals surface area contributed by atoms with E-state index in [1.54, 1.807) is 6.07 Å². The van der Waals surface area contributed by atoms with Crippen molar-refractivity contribution in [3.63, 3.8) is 0 Å². The number of hydrogen-bond acceptors (Lipinski definition) is 8. The number of amides is 3. The number of imide groups is 1. The number of carbonyl (C=O) groups is 4. The Labute approximate surface area is 195 Å². The summed E-state index contributed by atoms with van der Waals surface area (Å²) >= 11 is 0. The maximum Gasteiger partial charge on any atom is 0.309 e. The van der Waals surface area contributed by atoms with Gasteiger partial charge in [0.25, 0.3) is 17.7 Å². The van der Waals surface area contributed by atoms with Crippen molar-refractivity contribution in [1.29, 1.82) is 0 Å². The number of esters is 1. The summed E-state index contributed by atoms with van der Waals surface area (Å²) in [6.07, 6.45) is 3.31. The van der Waals surface area contributed by atoms with E-state index in [-0.39, 0.29) is 42.0 Å². The molecule has 0 aliphatic carbocycles. The molecule has 3 heterocycles. The Morgan fingerprint density at radius 3 is 2.50 bits per heavy atom. The number of nitrogens with zero attached hydrogens (tertiary/aromatic N) is 3. The number of anilines is 1. The maximum absolute atomic E-state index is 12.7. The third-order valence-corrected chi connectivity index (χ3v) is 7.66. The fraction of sp³-hybridized carbons (Fsp3) is 0.318. The fourth-order valence-corrected chi connectivity index (χ4v) is 5.31. The summed E-state index contributed by atoms with van der Waals surface area (Å²) in [5.41, 5.74) is 0.745. The van der Waals surface area contributed by atoms with Crippen LogP contribution in [0.3, 0.4) is 0 Å². The lowest BCUT2D eigenvalue weighted by Gasteiger charge is -2.29. The molecule has 1 saturated heterocycles. The number of hydrogen-bond donors (Lipinski definition) is 1. The first-order valence-electron chi connectivity index (χ1n) is 10.5. The summed E-state index contributed by atoms with van der Waals surface area (Å²) in [4.78, 5) is 53.5. The van der Waals surface area contributed by atoms with Gasteiger partial charge in [-0.2, -0.15) is 4.31 Å². The van der Waals surface area contributed by atoms with E-state index >= 15 is 0 Å². The minimum absolute atomic E-state index is 0.0944. The van der Waals surface area contributed by atoms with Crippen LogP contribution in [-0.4, -0.2) is 73.0 Å². The zero-order valence-electron chi connectivity index (χ0n) is 18.3.